The van der Waals surface area contributed by atoms with Gasteiger partial charge in [0.25, 0.3) is 11.5 Å². The molecule has 0 aliphatic carbocycles. The number of aryl methyl sites for hydroxylation is 1. The zero-order chi connectivity index (χ0) is 18.8. The minimum atomic E-state index is -0.421. The standard InChI is InChI=1S/C19H19ClN4O2/c1-12-16(18(25)22-13(2)17(12)20)19(26)23(3)11-14-5-7-15(8-6-14)24-10-4-9-21-24/h4-10H,11H2,1-3H3,(H,22,25). The highest BCUT2D eigenvalue weighted by atomic mass is 35.5. The number of aromatic amines is 1. The number of rotatable bonds is 4. The number of hydrogen-bond acceptors (Lipinski definition) is 3. The summed E-state index contributed by atoms with van der Waals surface area (Å²) in [7, 11) is 1.66. The first-order chi connectivity index (χ1) is 12.4. The quantitative estimate of drug-likeness (QED) is 0.767. The van der Waals surface area contributed by atoms with Crippen molar-refractivity contribution in [2.45, 2.75) is 20.4 Å². The monoisotopic (exact) mass is 370 g/mol. The van der Waals surface area contributed by atoms with Gasteiger partial charge in [0.15, 0.2) is 0 Å². The molecule has 2 heterocycles. The number of benzene rings is 1. The van der Waals surface area contributed by atoms with E-state index in [0.29, 0.717) is 22.8 Å². The lowest BCUT2D eigenvalue weighted by molar-refractivity contribution is 0.0782. The maximum atomic E-state index is 12.7. The fourth-order valence-corrected chi connectivity index (χ4v) is 2.96. The molecule has 26 heavy (non-hydrogen) atoms. The van der Waals surface area contributed by atoms with Crippen LogP contribution in [-0.2, 0) is 6.54 Å². The SMILES string of the molecule is Cc1[nH]c(=O)c(C(=O)N(C)Cc2ccc(-n3cccn3)cc2)c(C)c1Cl. The van der Waals surface area contributed by atoms with E-state index in [1.165, 1.54) is 4.90 Å². The third-order valence-corrected chi connectivity index (χ3v) is 4.81. The molecule has 0 saturated heterocycles. The van der Waals surface area contributed by atoms with Gasteiger partial charge in [-0.2, -0.15) is 5.10 Å². The predicted octanol–water partition coefficient (Wildman–Crippen LogP) is 3.10. The van der Waals surface area contributed by atoms with E-state index >= 15 is 0 Å². The number of nitrogens with one attached hydrogen (secondary N) is 1. The van der Waals surface area contributed by atoms with E-state index in [4.69, 9.17) is 11.6 Å². The molecule has 1 aromatic carbocycles. The van der Waals surface area contributed by atoms with Crippen LogP contribution in [-0.4, -0.2) is 32.6 Å². The van der Waals surface area contributed by atoms with Gasteiger partial charge in [0.1, 0.15) is 5.56 Å². The summed E-state index contributed by atoms with van der Waals surface area (Å²) in [4.78, 5) is 29.1. The molecule has 0 aliphatic heterocycles. The molecule has 0 atom stereocenters. The topological polar surface area (TPSA) is 71.0 Å². The van der Waals surface area contributed by atoms with E-state index in [2.05, 4.69) is 10.1 Å². The summed E-state index contributed by atoms with van der Waals surface area (Å²) in [5, 5.41) is 4.59. The van der Waals surface area contributed by atoms with Crippen LogP contribution in [0.5, 0.6) is 0 Å². The average molecular weight is 371 g/mol. The Morgan fingerprint density at radius 2 is 1.96 bits per heavy atom. The van der Waals surface area contributed by atoms with Crippen LogP contribution < -0.4 is 5.56 Å². The molecule has 0 fully saturated rings. The minimum Gasteiger partial charge on any atom is -0.337 e. The molecule has 0 unspecified atom stereocenters. The second-order valence-corrected chi connectivity index (χ2v) is 6.55. The summed E-state index contributed by atoms with van der Waals surface area (Å²) in [6.45, 7) is 3.77. The van der Waals surface area contributed by atoms with Gasteiger partial charge in [0.05, 0.1) is 10.7 Å². The van der Waals surface area contributed by atoms with Crippen molar-refractivity contribution in [2.75, 3.05) is 7.05 Å². The molecule has 3 aromatic rings. The van der Waals surface area contributed by atoms with E-state index in [0.717, 1.165) is 11.3 Å². The van der Waals surface area contributed by atoms with Gasteiger partial charge >= 0.3 is 0 Å². The maximum Gasteiger partial charge on any atom is 0.261 e. The summed E-state index contributed by atoms with van der Waals surface area (Å²) in [5.41, 5.74) is 2.60. The molecule has 0 saturated carbocycles. The van der Waals surface area contributed by atoms with Crippen LogP contribution in [0.4, 0.5) is 0 Å². The molecule has 0 spiro atoms. The number of nitrogens with zero attached hydrogens (tertiary/aromatic N) is 3. The van der Waals surface area contributed by atoms with Crippen LogP contribution in [0.1, 0.15) is 27.2 Å². The molecule has 1 amide bonds. The van der Waals surface area contributed by atoms with E-state index in [-0.39, 0.29) is 11.5 Å². The highest BCUT2D eigenvalue weighted by molar-refractivity contribution is 6.32. The second kappa shape index (κ2) is 7.17. The Balaban J connectivity index is 1.80. The van der Waals surface area contributed by atoms with Crippen LogP contribution in [0.15, 0.2) is 47.5 Å². The molecule has 1 N–H and O–H groups in total. The lowest BCUT2D eigenvalue weighted by Crippen LogP contribution is -2.32. The second-order valence-electron chi connectivity index (χ2n) is 6.17. The van der Waals surface area contributed by atoms with Crippen molar-refractivity contribution < 1.29 is 4.79 Å². The number of carbonyl (C=O) groups excluding carboxylic acids is 1. The Kier molecular flexibility index (Phi) is 4.95. The number of halogens is 1. The first-order valence-corrected chi connectivity index (χ1v) is 8.49. The number of aromatic nitrogens is 3. The maximum absolute atomic E-state index is 12.7. The third-order valence-electron chi connectivity index (χ3n) is 4.25. The van der Waals surface area contributed by atoms with E-state index < -0.39 is 5.56 Å². The van der Waals surface area contributed by atoms with E-state index in [9.17, 15) is 9.59 Å². The Bertz CT molecular complexity index is 992. The highest BCUT2D eigenvalue weighted by Gasteiger charge is 2.21. The smallest absolute Gasteiger partial charge is 0.261 e. The Hall–Kier alpha value is -2.86. The van der Waals surface area contributed by atoms with Gasteiger partial charge in [-0.05, 0) is 43.2 Å². The first-order valence-electron chi connectivity index (χ1n) is 8.12. The molecular formula is C19H19ClN4O2. The van der Waals surface area contributed by atoms with Crippen molar-refractivity contribution in [3.05, 3.63) is 80.5 Å². The highest BCUT2D eigenvalue weighted by Crippen LogP contribution is 2.20. The van der Waals surface area contributed by atoms with Crippen molar-refractivity contribution in [1.82, 2.24) is 19.7 Å². The Morgan fingerprint density at radius 3 is 2.58 bits per heavy atom. The summed E-state index contributed by atoms with van der Waals surface area (Å²) in [6, 6.07) is 9.58. The summed E-state index contributed by atoms with van der Waals surface area (Å²) < 4.78 is 1.76. The lowest BCUT2D eigenvalue weighted by atomic mass is 10.1. The van der Waals surface area contributed by atoms with Gasteiger partial charge in [-0.3, -0.25) is 9.59 Å². The van der Waals surface area contributed by atoms with Crippen molar-refractivity contribution in [1.29, 1.82) is 0 Å². The zero-order valence-corrected chi connectivity index (χ0v) is 15.5. The number of hydrogen-bond donors (Lipinski definition) is 1. The fourth-order valence-electron chi connectivity index (χ4n) is 2.82. The summed E-state index contributed by atoms with van der Waals surface area (Å²) >= 11 is 6.18. The zero-order valence-electron chi connectivity index (χ0n) is 14.8. The average Bonchev–Trinajstić information content (AvgIpc) is 3.15. The van der Waals surface area contributed by atoms with Crippen molar-refractivity contribution >= 4 is 17.5 Å². The Labute approximate surface area is 156 Å². The van der Waals surface area contributed by atoms with Crippen LogP contribution >= 0.6 is 11.6 Å². The van der Waals surface area contributed by atoms with Crippen LogP contribution in [0.25, 0.3) is 5.69 Å². The van der Waals surface area contributed by atoms with Gasteiger partial charge in [0, 0.05) is 31.7 Å². The molecule has 0 radical (unpaired) electrons. The van der Waals surface area contributed by atoms with E-state index in [1.807, 2.05) is 36.5 Å². The van der Waals surface area contributed by atoms with Gasteiger partial charge in [0.2, 0.25) is 0 Å². The predicted molar refractivity (Wildman–Crippen MR) is 101 cm³/mol. The fraction of sp³-hybridized carbons (Fsp3) is 0.211. The molecule has 6 nitrogen and oxygen atoms in total. The normalized spacial score (nSPS) is 10.8. The molecule has 0 aliphatic rings. The molecule has 7 heteroatoms. The number of amides is 1. The Morgan fingerprint density at radius 1 is 1.27 bits per heavy atom. The van der Waals surface area contributed by atoms with Crippen LogP contribution in [0.3, 0.4) is 0 Å². The molecule has 134 valence electrons. The van der Waals surface area contributed by atoms with Crippen LogP contribution in [0, 0.1) is 13.8 Å². The van der Waals surface area contributed by atoms with Crippen molar-refractivity contribution in [2.24, 2.45) is 0 Å². The molecule has 2 aromatic heterocycles. The third kappa shape index (κ3) is 3.41. The number of pyridine rings is 1. The van der Waals surface area contributed by atoms with Gasteiger partial charge < -0.3 is 9.88 Å². The lowest BCUT2D eigenvalue weighted by Gasteiger charge is -2.19. The van der Waals surface area contributed by atoms with E-state index in [1.54, 1.807) is 31.8 Å². The minimum absolute atomic E-state index is 0.0799. The molecular weight excluding hydrogens is 352 g/mol. The largest absolute Gasteiger partial charge is 0.337 e. The summed E-state index contributed by atoms with van der Waals surface area (Å²) in [6.07, 6.45) is 3.58. The van der Waals surface area contributed by atoms with Crippen molar-refractivity contribution in [3.8, 4) is 5.69 Å². The van der Waals surface area contributed by atoms with Gasteiger partial charge in [-0.15, -0.1) is 0 Å². The summed E-state index contributed by atoms with van der Waals surface area (Å²) in [5.74, 6) is -0.359. The molecule has 0 bridgehead atoms. The van der Waals surface area contributed by atoms with Gasteiger partial charge in [-0.25, -0.2) is 4.68 Å². The van der Waals surface area contributed by atoms with Crippen molar-refractivity contribution in [3.63, 3.8) is 0 Å². The van der Waals surface area contributed by atoms with Gasteiger partial charge in [-0.1, -0.05) is 23.7 Å². The molecule has 3 rings (SSSR count). The number of H-pyrrole nitrogens is 1. The first kappa shape index (κ1) is 17.9. The van der Waals surface area contributed by atoms with Crippen LogP contribution in [0.2, 0.25) is 5.02 Å². The number of carbonyl (C=O) groups is 1.